The van der Waals surface area contributed by atoms with Gasteiger partial charge in [0.15, 0.2) is 0 Å². The van der Waals surface area contributed by atoms with Gasteiger partial charge in [-0.1, -0.05) is 29.5 Å². The fraction of sp³-hybridized carbons (Fsp3) is 0.0714. The van der Waals surface area contributed by atoms with Crippen molar-refractivity contribution in [3.05, 3.63) is 54.1 Å². The van der Waals surface area contributed by atoms with Crippen molar-refractivity contribution in [1.29, 1.82) is 0 Å². The molecule has 0 fully saturated rings. The van der Waals surface area contributed by atoms with Crippen LogP contribution >= 0.6 is 11.8 Å². The lowest BCUT2D eigenvalue weighted by Gasteiger charge is -2.03. The molecule has 1 amide bonds. The highest BCUT2D eigenvalue weighted by Crippen LogP contribution is 2.28. The summed E-state index contributed by atoms with van der Waals surface area (Å²) in [6, 6.07) is 16.2. The molecule has 0 bridgehead atoms. The highest BCUT2D eigenvalue weighted by atomic mass is 32.2. The Morgan fingerprint density at radius 1 is 0.941 bits per heavy atom. The van der Waals surface area contributed by atoms with Crippen LogP contribution in [0.5, 0.6) is 0 Å². The van der Waals surface area contributed by atoms with Crippen molar-refractivity contribution in [3.8, 4) is 0 Å². The molecule has 0 spiro atoms. The molecule has 17 heavy (non-hydrogen) atoms. The third-order valence-corrected chi connectivity index (χ3v) is 3.35. The second-order valence-corrected chi connectivity index (χ2v) is 4.85. The maximum atomic E-state index is 10.3. The topological polar surface area (TPSA) is 29.1 Å². The molecule has 2 aromatic carbocycles. The Kier molecular flexibility index (Phi) is 3.83. The van der Waals surface area contributed by atoms with Gasteiger partial charge in [0.05, 0.1) is 0 Å². The maximum absolute atomic E-state index is 10.3. The van der Waals surface area contributed by atoms with Gasteiger partial charge >= 0.3 is 0 Å². The Balaban J connectivity index is 2.08. The minimum absolute atomic E-state index is 0.683. The van der Waals surface area contributed by atoms with Gasteiger partial charge in [-0.25, -0.2) is 0 Å². The molecule has 2 nitrogen and oxygen atoms in total. The van der Waals surface area contributed by atoms with Crippen molar-refractivity contribution in [3.63, 3.8) is 0 Å². The van der Waals surface area contributed by atoms with Gasteiger partial charge in [-0.2, -0.15) is 0 Å². The quantitative estimate of drug-likeness (QED) is 0.829. The molecule has 0 aromatic heterocycles. The van der Waals surface area contributed by atoms with Crippen LogP contribution in [-0.4, -0.2) is 6.41 Å². The first kappa shape index (κ1) is 11.7. The van der Waals surface area contributed by atoms with E-state index in [2.05, 4.69) is 36.5 Å². The van der Waals surface area contributed by atoms with E-state index in [1.165, 1.54) is 10.5 Å². The van der Waals surface area contributed by atoms with Crippen LogP contribution in [-0.2, 0) is 4.79 Å². The summed E-state index contributed by atoms with van der Waals surface area (Å²) in [6.45, 7) is 2.08. The summed E-state index contributed by atoms with van der Waals surface area (Å²) in [5, 5.41) is 2.62. The molecule has 2 rings (SSSR count). The fourth-order valence-corrected chi connectivity index (χ4v) is 2.25. The molecule has 0 heterocycles. The molecular formula is C14H13NOS. The van der Waals surface area contributed by atoms with Crippen molar-refractivity contribution in [2.75, 3.05) is 5.32 Å². The van der Waals surface area contributed by atoms with Gasteiger partial charge in [-0.3, -0.25) is 4.79 Å². The van der Waals surface area contributed by atoms with E-state index < -0.39 is 0 Å². The number of carbonyl (C=O) groups is 1. The highest BCUT2D eigenvalue weighted by molar-refractivity contribution is 7.99. The number of amides is 1. The van der Waals surface area contributed by atoms with Gasteiger partial charge in [0, 0.05) is 15.5 Å². The second kappa shape index (κ2) is 5.55. The van der Waals surface area contributed by atoms with E-state index >= 15 is 0 Å². The molecule has 0 aliphatic heterocycles. The minimum Gasteiger partial charge on any atom is -0.329 e. The molecule has 3 heteroatoms. The van der Waals surface area contributed by atoms with Gasteiger partial charge in [0.1, 0.15) is 0 Å². The van der Waals surface area contributed by atoms with Crippen LogP contribution in [0.2, 0.25) is 0 Å². The summed E-state index contributed by atoms with van der Waals surface area (Å²) >= 11 is 1.71. The Labute approximate surface area is 105 Å². The van der Waals surface area contributed by atoms with E-state index in [4.69, 9.17) is 0 Å². The van der Waals surface area contributed by atoms with Crippen molar-refractivity contribution in [2.24, 2.45) is 0 Å². The van der Waals surface area contributed by atoms with Crippen molar-refractivity contribution >= 4 is 23.9 Å². The molecule has 2 aromatic rings. The summed E-state index contributed by atoms with van der Waals surface area (Å²) < 4.78 is 0. The molecule has 86 valence electrons. The highest BCUT2D eigenvalue weighted by Gasteiger charge is 1.97. The Morgan fingerprint density at radius 2 is 1.47 bits per heavy atom. The first-order valence-corrected chi connectivity index (χ1v) is 6.14. The molecule has 0 atom stereocenters. The van der Waals surface area contributed by atoms with Crippen LogP contribution < -0.4 is 5.32 Å². The maximum Gasteiger partial charge on any atom is 0.211 e. The largest absolute Gasteiger partial charge is 0.329 e. The minimum atomic E-state index is 0.683. The van der Waals surface area contributed by atoms with Crippen molar-refractivity contribution < 1.29 is 4.79 Å². The average molecular weight is 243 g/mol. The SMILES string of the molecule is Cc1ccc(Sc2ccc(NC=O)cc2)cc1. The summed E-state index contributed by atoms with van der Waals surface area (Å²) in [4.78, 5) is 12.6. The predicted octanol–water partition coefficient (Wildman–Crippen LogP) is 3.71. The number of benzene rings is 2. The Bertz CT molecular complexity index is 491. The summed E-state index contributed by atoms with van der Waals surface area (Å²) in [5.74, 6) is 0. The van der Waals surface area contributed by atoms with Crippen LogP contribution in [0, 0.1) is 6.92 Å². The summed E-state index contributed by atoms with van der Waals surface area (Å²) in [7, 11) is 0. The lowest BCUT2D eigenvalue weighted by Crippen LogP contribution is -1.92. The molecule has 1 N–H and O–H groups in total. The van der Waals surface area contributed by atoms with Crippen LogP contribution in [0.25, 0.3) is 0 Å². The summed E-state index contributed by atoms with van der Waals surface area (Å²) in [5.41, 5.74) is 2.08. The van der Waals surface area contributed by atoms with Crippen LogP contribution in [0.3, 0.4) is 0 Å². The molecule has 0 saturated heterocycles. The Morgan fingerprint density at radius 3 is 2.00 bits per heavy atom. The first-order valence-electron chi connectivity index (χ1n) is 5.33. The smallest absolute Gasteiger partial charge is 0.211 e. The normalized spacial score (nSPS) is 9.94. The van der Waals surface area contributed by atoms with E-state index in [-0.39, 0.29) is 0 Å². The molecule has 0 radical (unpaired) electrons. The van der Waals surface area contributed by atoms with Gasteiger partial charge in [-0.05, 0) is 43.3 Å². The first-order chi connectivity index (χ1) is 8.28. The number of hydrogen-bond acceptors (Lipinski definition) is 2. The zero-order chi connectivity index (χ0) is 12.1. The van der Waals surface area contributed by atoms with Crippen LogP contribution in [0.1, 0.15) is 5.56 Å². The van der Waals surface area contributed by atoms with Crippen LogP contribution in [0.4, 0.5) is 5.69 Å². The second-order valence-electron chi connectivity index (χ2n) is 3.70. The number of hydrogen-bond donors (Lipinski definition) is 1. The molecular weight excluding hydrogens is 230 g/mol. The van der Waals surface area contributed by atoms with E-state index in [1.807, 2.05) is 24.3 Å². The third kappa shape index (κ3) is 3.36. The predicted molar refractivity (Wildman–Crippen MR) is 71.4 cm³/mol. The van der Waals surface area contributed by atoms with Crippen LogP contribution in [0.15, 0.2) is 58.3 Å². The molecule has 0 saturated carbocycles. The number of anilines is 1. The van der Waals surface area contributed by atoms with Crippen molar-refractivity contribution in [1.82, 2.24) is 0 Å². The third-order valence-electron chi connectivity index (χ3n) is 2.34. The summed E-state index contributed by atoms with van der Waals surface area (Å²) in [6.07, 6.45) is 0.683. The number of carbonyl (C=O) groups excluding carboxylic acids is 1. The lowest BCUT2D eigenvalue weighted by molar-refractivity contribution is -0.105. The van der Waals surface area contributed by atoms with Gasteiger partial charge < -0.3 is 5.32 Å². The average Bonchev–Trinajstić information content (AvgIpc) is 2.35. The number of aryl methyl sites for hydroxylation is 1. The van der Waals surface area contributed by atoms with E-state index in [0.717, 1.165) is 10.6 Å². The molecule has 0 unspecified atom stereocenters. The molecule has 0 aliphatic carbocycles. The molecule has 0 aliphatic rings. The lowest BCUT2D eigenvalue weighted by atomic mass is 10.2. The zero-order valence-electron chi connectivity index (χ0n) is 9.51. The van der Waals surface area contributed by atoms with Gasteiger partial charge in [-0.15, -0.1) is 0 Å². The van der Waals surface area contributed by atoms with Gasteiger partial charge in [0.2, 0.25) is 6.41 Å². The zero-order valence-corrected chi connectivity index (χ0v) is 10.3. The van der Waals surface area contributed by atoms with E-state index in [1.54, 1.807) is 11.8 Å². The fourth-order valence-electron chi connectivity index (χ4n) is 1.43. The standard InChI is InChI=1S/C14H13NOS/c1-11-2-6-13(7-3-11)17-14-8-4-12(5-9-14)15-10-16/h2-10H,1H3,(H,15,16). The number of rotatable bonds is 4. The van der Waals surface area contributed by atoms with E-state index in [0.29, 0.717) is 6.41 Å². The number of nitrogens with one attached hydrogen (secondary N) is 1. The van der Waals surface area contributed by atoms with Crippen molar-refractivity contribution in [2.45, 2.75) is 16.7 Å². The van der Waals surface area contributed by atoms with E-state index in [9.17, 15) is 4.79 Å². The monoisotopic (exact) mass is 243 g/mol. The van der Waals surface area contributed by atoms with Gasteiger partial charge in [0.25, 0.3) is 0 Å². The Hall–Kier alpha value is -1.74.